The van der Waals surface area contributed by atoms with Crippen LogP contribution in [0.1, 0.15) is 70.0 Å². The quantitative estimate of drug-likeness (QED) is 0.0196. The molecule has 10 aromatic rings. The molecule has 6 saturated heterocycles. The number of carbonyl (C=O) groups excluding carboxylic acids is 10. The number of carboxylic acids is 2. The first-order valence-corrected chi connectivity index (χ1v) is 45.2. The van der Waals surface area contributed by atoms with E-state index < -0.39 is 103 Å². The fourth-order valence-corrected chi connectivity index (χ4v) is 15.0. The number of ether oxygens (including phenoxy) is 13. The summed E-state index contributed by atoms with van der Waals surface area (Å²) in [6.45, 7) is 5.59. The van der Waals surface area contributed by atoms with Gasteiger partial charge in [0.05, 0.1) is 19.6 Å². The van der Waals surface area contributed by atoms with Gasteiger partial charge in [0, 0.05) is 26.6 Å². The number of epoxide rings is 3. The van der Waals surface area contributed by atoms with E-state index in [1.807, 2.05) is 303 Å². The van der Waals surface area contributed by atoms with Gasteiger partial charge < -0.3 is 71.8 Å². The average Bonchev–Trinajstić information content (AvgIpc) is 1.59. The first-order chi connectivity index (χ1) is 68.2. The number of carboxylic acid groups (broad SMARTS) is 2. The third kappa shape index (κ3) is 32.3. The monoisotopic (exact) mass is 1920 g/mol. The Kier molecular flexibility index (Phi) is 39.4. The highest BCUT2D eigenvalue weighted by molar-refractivity contribution is 5.87. The third-order valence-corrected chi connectivity index (χ3v) is 22.5. The van der Waals surface area contributed by atoms with Crippen LogP contribution >= 0.6 is 0 Å². The van der Waals surface area contributed by atoms with Gasteiger partial charge in [-0.1, -0.05) is 347 Å². The number of hydrogen-bond donors (Lipinski definition) is 3. The molecule has 6 fully saturated rings. The molecule has 12 atom stereocenters. The minimum Gasteiger partial charge on any atom is -0.480 e. The predicted octanol–water partition coefficient (Wildman–Crippen LogP) is 14.5. The zero-order valence-corrected chi connectivity index (χ0v) is 76.4. The van der Waals surface area contributed by atoms with Crippen LogP contribution in [0.3, 0.4) is 0 Å². The lowest BCUT2D eigenvalue weighted by Gasteiger charge is -2.24. The fourth-order valence-electron chi connectivity index (χ4n) is 15.0. The van der Waals surface area contributed by atoms with Gasteiger partial charge in [-0.2, -0.15) is 0 Å². The molecule has 0 bridgehead atoms. The molecular weight excluding hydrogens is 1810 g/mol. The molecule has 734 valence electrons. The molecule has 3 N–H and O–H groups in total. The number of carbonyl (C=O) groups is 12. The van der Waals surface area contributed by atoms with Crippen LogP contribution in [0, 0.1) is 0 Å². The number of nitrogens with one attached hydrogen (secondary N) is 1. The molecule has 9 aliphatic rings. The van der Waals surface area contributed by atoms with Crippen molar-refractivity contribution in [3.63, 3.8) is 0 Å². The fraction of sp³-hybridized carbons (Fsp3) is 0.278. The van der Waals surface area contributed by atoms with Crippen LogP contribution in [0.25, 0.3) is 0 Å². The van der Waals surface area contributed by atoms with E-state index in [-0.39, 0.29) is 116 Å². The summed E-state index contributed by atoms with van der Waals surface area (Å²) >= 11 is 0. The van der Waals surface area contributed by atoms with E-state index in [9.17, 15) is 57.5 Å². The van der Waals surface area contributed by atoms with Crippen LogP contribution < -0.4 is 5.32 Å². The normalized spacial score (nSPS) is 20.1. The van der Waals surface area contributed by atoms with Crippen LogP contribution in [0.4, 0.5) is 24.0 Å². The van der Waals surface area contributed by atoms with E-state index in [2.05, 4.69) is 5.32 Å². The van der Waals surface area contributed by atoms with E-state index in [0.29, 0.717) is 39.3 Å². The summed E-state index contributed by atoms with van der Waals surface area (Å²) in [6.07, 6.45) is 6.10. The number of hydrogen-bond acceptors (Lipinski definition) is 26. The van der Waals surface area contributed by atoms with Crippen LogP contribution in [-0.2, 0) is 161 Å². The Labute approximate surface area is 815 Å². The van der Waals surface area contributed by atoms with Crippen molar-refractivity contribution in [2.24, 2.45) is 0 Å². The standard InChI is InChI=1S/3C20H19NO5.C20H19NO4.C13H13NO4.C9H10O2.C5H7NO2.CH4/c3*22-19(24-12-14-7-3-1-4-8-14)17-18-16(26-18)11-21(17)20(23)25-13-15-9-5-2-6-10-15;22-19(24-14-16-8-3-1-4-9-16)18-12-7-13-21(18)20(23)25-15-17-10-5-2-6-11-17;15-12(16)11-7-4-8-14(11)13(17)18-9-10-5-2-1-3-6-10;1-8(10)11-7-9-5-3-2-4-6-9;7-5(8)4-2-1-3-6-4;/h3*1-10,16-18H,11-13H2;1-12,18H,13-15H2;1-7,11H,8-9H2,(H,15,16);2-6H,7H2,1H3;1-2,4,6H,3H2,(H,7,8);1H4/t16-,17+,18-;2*16-,17-,18-;18-;11-;;4-;/m10000.0./s1. The van der Waals surface area contributed by atoms with Gasteiger partial charge in [-0.25, -0.2) is 47.9 Å². The number of aliphatic carboxylic acids is 2. The minimum absolute atomic E-state index is 0. The van der Waals surface area contributed by atoms with E-state index in [0.717, 1.165) is 55.6 Å². The second-order valence-electron chi connectivity index (χ2n) is 32.6. The molecule has 9 heterocycles. The summed E-state index contributed by atoms with van der Waals surface area (Å²) in [7, 11) is 0. The molecule has 19 rings (SSSR count). The highest BCUT2D eigenvalue weighted by atomic mass is 16.6. The highest BCUT2D eigenvalue weighted by Gasteiger charge is 2.63. The summed E-state index contributed by atoms with van der Waals surface area (Å²) in [5.74, 6) is -3.95. The van der Waals surface area contributed by atoms with E-state index in [1.165, 1.54) is 37.5 Å². The van der Waals surface area contributed by atoms with Crippen molar-refractivity contribution < 1.29 is 129 Å². The summed E-state index contributed by atoms with van der Waals surface area (Å²) in [6, 6.07) is 89.8. The zero-order chi connectivity index (χ0) is 98.3. The molecule has 33 nitrogen and oxygen atoms in total. The van der Waals surface area contributed by atoms with Crippen LogP contribution in [0.15, 0.2) is 340 Å². The number of nitrogens with zero attached hydrogens (tertiary/aromatic N) is 5. The van der Waals surface area contributed by atoms with Crippen molar-refractivity contribution in [1.82, 2.24) is 29.8 Å². The Morgan fingerprint density at radius 1 is 0.277 bits per heavy atom. The van der Waals surface area contributed by atoms with Crippen molar-refractivity contribution in [1.29, 1.82) is 0 Å². The lowest BCUT2D eigenvalue weighted by Crippen LogP contribution is -2.45. The number of rotatable bonds is 26. The van der Waals surface area contributed by atoms with Crippen molar-refractivity contribution in [2.45, 2.75) is 153 Å². The molecule has 141 heavy (non-hydrogen) atoms. The van der Waals surface area contributed by atoms with Gasteiger partial charge in [0.25, 0.3) is 0 Å². The maximum atomic E-state index is 12.5. The molecule has 0 aromatic heterocycles. The molecule has 0 aliphatic carbocycles. The van der Waals surface area contributed by atoms with Crippen molar-refractivity contribution in [3.8, 4) is 0 Å². The summed E-state index contributed by atoms with van der Waals surface area (Å²) in [4.78, 5) is 149. The summed E-state index contributed by atoms with van der Waals surface area (Å²) < 4.78 is 69.0. The van der Waals surface area contributed by atoms with Gasteiger partial charge in [-0.3, -0.25) is 39.4 Å². The first kappa shape index (κ1) is 104. The van der Waals surface area contributed by atoms with E-state index in [4.69, 9.17) is 71.8 Å². The van der Waals surface area contributed by atoms with Gasteiger partial charge in [-0.15, -0.1) is 0 Å². The Morgan fingerprint density at radius 3 is 0.716 bits per heavy atom. The molecule has 5 amide bonds. The molecule has 0 spiro atoms. The summed E-state index contributed by atoms with van der Waals surface area (Å²) in [5, 5.41) is 20.0. The molecule has 33 heteroatoms. The Morgan fingerprint density at radius 2 is 0.496 bits per heavy atom. The highest BCUT2D eigenvalue weighted by Crippen LogP contribution is 2.40. The maximum absolute atomic E-state index is 12.5. The van der Waals surface area contributed by atoms with Crippen LogP contribution in [0.2, 0.25) is 0 Å². The van der Waals surface area contributed by atoms with Gasteiger partial charge in [0.2, 0.25) is 0 Å². The third-order valence-electron chi connectivity index (χ3n) is 22.5. The molecular formula is C108H110N6O27. The number of morpholine rings is 3. The lowest BCUT2D eigenvalue weighted by atomic mass is 10.2. The molecule has 10 aromatic carbocycles. The Balaban J connectivity index is 0.000000151. The Bertz CT molecular complexity index is 5490. The second-order valence-corrected chi connectivity index (χ2v) is 32.6. The predicted molar refractivity (Wildman–Crippen MR) is 510 cm³/mol. The largest absolute Gasteiger partial charge is 0.480 e. The number of amides is 5. The lowest BCUT2D eigenvalue weighted by molar-refractivity contribution is -0.152. The van der Waals surface area contributed by atoms with Gasteiger partial charge in [0.15, 0.2) is 30.2 Å². The van der Waals surface area contributed by atoms with Crippen LogP contribution in [-0.4, -0.2) is 219 Å². The van der Waals surface area contributed by atoms with Gasteiger partial charge in [-0.05, 0) is 55.6 Å². The zero-order valence-electron chi connectivity index (χ0n) is 76.4. The topological polar surface area (TPSA) is 403 Å². The number of fused-ring (bicyclic) bond motifs is 3. The van der Waals surface area contributed by atoms with Gasteiger partial charge in [0.1, 0.15) is 109 Å². The average molecular weight is 1920 g/mol. The molecule has 9 aliphatic heterocycles. The summed E-state index contributed by atoms with van der Waals surface area (Å²) in [5.41, 5.74) is 9.04. The SMILES string of the molecule is C.CC(=O)OCc1ccccc1.O=C(O)[C@@H]1C=CCN1.O=C(O)[C@@H]1C=CCN1C(=O)OCc1ccccc1.O=C(OCc1ccccc1)[C@@H]1C=CCN1C(=O)OCc1ccccc1.O=C(OCc1ccccc1)[C@@H]1[C@@H]2O[C@@H]2CN1C(=O)OCc1ccccc1.O=C(OCc1ccccc1)[C@@H]1[C@H]2O[C@H]2CN1C(=O)OCc1ccccc1.O=C(OCc1ccccc1)[C@@H]1[C@H]2O[C@H]2CN1C(=O)OCc1ccccc1. The number of likely N-dealkylation sites (tertiary alicyclic amines) is 3. The minimum atomic E-state index is -1.06. The first-order valence-electron chi connectivity index (χ1n) is 45.2. The number of esters is 5. The Hall–Kier alpha value is -16.1. The number of benzene rings is 10. The van der Waals surface area contributed by atoms with Crippen LogP contribution in [0.5, 0.6) is 0 Å². The van der Waals surface area contributed by atoms with Crippen molar-refractivity contribution in [3.05, 3.63) is 395 Å². The smallest absolute Gasteiger partial charge is 0.411 e. The van der Waals surface area contributed by atoms with Crippen molar-refractivity contribution in [2.75, 3.05) is 39.3 Å². The molecule has 0 saturated carbocycles. The van der Waals surface area contributed by atoms with E-state index >= 15 is 0 Å². The second kappa shape index (κ2) is 53.6. The maximum Gasteiger partial charge on any atom is 0.411 e. The van der Waals surface area contributed by atoms with Crippen molar-refractivity contribution >= 4 is 72.3 Å². The molecule has 0 unspecified atom stereocenters. The van der Waals surface area contributed by atoms with E-state index in [1.54, 1.807) is 30.4 Å². The van der Waals surface area contributed by atoms with Gasteiger partial charge >= 0.3 is 72.3 Å². The molecule has 0 radical (unpaired) electrons.